The molecule has 2 saturated carbocycles. The van der Waals surface area contributed by atoms with Crippen LogP contribution in [-0.4, -0.2) is 86.2 Å². The summed E-state index contributed by atoms with van der Waals surface area (Å²) in [6.45, 7) is 23.6. The molecule has 0 saturated heterocycles. The summed E-state index contributed by atoms with van der Waals surface area (Å²) in [6, 6.07) is 0. The number of aliphatic hydroxyl groups excluding tert-OH is 4. The highest BCUT2D eigenvalue weighted by atomic mass is 16.5. The van der Waals surface area contributed by atoms with Crippen molar-refractivity contribution in [3.63, 3.8) is 0 Å². The minimum Gasteiger partial charge on any atom is -0.469 e. The number of carbonyl (C=O) groups is 2. The highest BCUT2D eigenvalue weighted by molar-refractivity contribution is 5.70. The molecule has 2 rings (SSSR count). The van der Waals surface area contributed by atoms with Gasteiger partial charge >= 0.3 is 11.9 Å². The van der Waals surface area contributed by atoms with Crippen LogP contribution in [0, 0.1) is 58.2 Å². The van der Waals surface area contributed by atoms with Crippen molar-refractivity contribution in [1.29, 1.82) is 0 Å². The zero-order valence-corrected chi connectivity index (χ0v) is 73.4. The third-order valence-corrected chi connectivity index (χ3v) is 26.0. The molecule has 8 atom stereocenters. The van der Waals surface area contributed by atoms with E-state index in [1.54, 1.807) is 64.2 Å². The summed E-state index contributed by atoms with van der Waals surface area (Å²) in [5, 5.41) is 36.9. The Morgan fingerprint density at radius 1 is 0.267 bits per heavy atom. The SMILES string of the molecule is CCC(CC)(CO)COCC(CC)(CO)CO.CCCCCCCCCC1CCC(CCCCCC)C(CCCCC)C1CCCCCCCCCCCO.CCCCCCCCCCCC1C(CCCCCCCCC)CCC(CCCCCC)C1CCCCCC.COC(=O)CCCCC(=O)OC. The van der Waals surface area contributed by atoms with Gasteiger partial charge in [-0.05, 0) is 137 Å². The van der Waals surface area contributed by atoms with E-state index in [9.17, 15) is 24.9 Å². The number of aliphatic hydroxyl groups is 4. The highest BCUT2D eigenvalue weighted by Crippen LogP contribution is 2.50. The van der Waals surface area contributed by atoms with Crippen LogP contribution < -0.4 is 0 Å². The van der Waals surface area contributed by atoms with E-state index in [2.05, 4.69) is 57.9 Å². The Bertz CT molecular complexity index is 1670. The van der Waals surface area contributed by atoms with Crippen LogP contribution in [-0.2, 0) is 23.8 Å². The highest BCUT2D eigenvalue weighted by Gasteiger charge is 2.40. The van der Waals surface area contributed by atoms with E-state index in [0.29, 0.717) is 51.9 Å². The first-order valence-electron chi connectivity index (χ1n) is 47.5. The predicted octanol–water partition coefficient (Wildman–Crippen LogP) is 29.2. The van der Waals surface area contributed by atoms with Gasteiger partial charge < -0.3 is 34.6 Å². The monoisotopic (exact) mass is 1490 g/mol. The molecule has 4 N–H and O–H groups in total. The Hall–Kier alpha value is -1.26. The fourth-order valence-electron chi connectivity index (χ4n) is 18.0. The maximum Gasteiger partial charge on any atom is 0.305 e. The number of unbranched alkanes of at least 4 members (excludes halogenated alkanes) is 40. The van der Waals surface area contributed by atoms with Gasteiger partial charge in [-0.2, -0.15) is 0 Å². The predicted molar refractivity (Wildman–Crippen MR) is 457 cm³/mol. The lowest BCUT2D eigenvalue weighted by molar-refractivity contribution is -0.142. The molecule has 8 unspecified atom stereocenters. The molecule has 0 aromatic carbocycles. The van der Waals surface area contributed by atoms with Crippen molar-refractivity contribution < 1.29 is 44.2 Å². The summed E-state index contributed by atoms with van der Waals surface area (Å²) >= 11 is 0. The second-order valence-corrected chi connectivity index (χ2v) is 34.4. The summed E-state index contributed by atoms with van der Waals surface area (Å²) in [4.78, 5) is 21.2. The zero-order valence-electron chi connectivity index (χ0n) is 73.4. The summed E-state index contributed by atoms with van der Waals surface area (Å²) in [7, 11) is 2.70. The van der Waals surface area contributed by atoms with Crippen LogP contribution in [0.3, 0.4) is 0 Å². The average molecular weight is 1490 g/mol. The molecule has 2 fully saturated rings. The molecule has 0 aromatic rings. The topological polar surface area (TPSA) is 143 Å². The van der Waals surface area contributed by atoms with Crippen molar-refractivity contribution in [2.75, 3.05) is 53.9 Å². The summed E-state index contributed by atoms with van der Waals surface area (Å²) in [5.41, 5.74) is -0.743. The molecule has 0 aliphatic heterocycles. The number of rotatable bonds is 71. The van der Waals surface area contributed by atoms with Gasteiger partial charge in [-0.25, -0.2) is 0 Å². The Labute approximate surface area is 657 Å². The van der Waals surface area contributed by atoms with E-state index in [-0.39, 0.29) is 37.2 Å². The molecule has 0 radical (unpaired) electrons. The first-order chi connectivity index (χ1) is 51.3. The summed E-state index contributed by atoms with van der Waals surface area (Å²) < 4.78 is 14.5. The van der Waals surface area contributed by atoms with Gasteiger partial charge in [0.05, 0.1) is 47.3 Å². The standard InChI is InChI=1S/C38H76.C37H74O.C13H28O4.C8H14O4/c1-5-9-13-17-19-20-22-24-28-32-38-36(30-26-23-21-18-14-10-6-2)34-33-35(29-25-15-11-7-3)37(38)31-27-16-12-8-4;1-4-7-10-12-16-19-24-28-35-32-31-34(27-23-11-8-5-2)36(29-22-9-6-3)37(35)30-25-20-17-14-13-15-18-21-26-33-38;1-4-12(5-2,7-14)10-17-11-13(6-3,8-15)9-16;1-11-7(9)5-3-4-6-8(10)12-2/h35-38H,5-34H2,1-4H3;34-38H,4-33H2,1-3H3;14-16H,4-11H2,1-3H3;3-6H2,1-2H3. The number of methoxy groups -OCH3 is 2. The second kappa shape index (κ2) is 79.4. The Morgan fingerprint density at radius 2 is 0.467 bits per heavy atom. The van der Waals surface area contributed by atoms with Crippen molar-refractivity contribution in [3.05, 3.63) is 0 Å². The van der Waals surface area contributed by atoms with Crippen LogP contribution >= 0.6 is 0 Å². The lowest BCUT2D eigenvalue weighted by Crippen LogP contribution is -2.37. The molecule has 0 heterocycles. The molecule has 2 aliphatic rings. The van der Waals surface area contributed by atoms with Crippen LogP contribution in [0.15, 0.2) is 0 Å². The zero-order chi connectivity index (χ0) is 77.8. The van der Waals surface area contributed by atoms with Crippen LogP contribution in [0.1, 0.15) is 493 Å². The van der Waals surface area contributed by atoms with E-state index < -0.39 is 5.41 Å². The van der Waals surface area contributed by atoms with Gasteiger partial charge in [0, 0.05) is 30.3 Å². The second-order valence-electron chi connectivity index (χ2n) is 34.4. The number of ether oxygens (including phenoxy) is 3. The van der Waals surface area contributed by atoms with Crippen LogP contribution in [0.4, 0.5) is 0 Å². The summed E-state index contributed by atoms with van der Waals surface area (Å²) in [5.74, 6) is 7.92. The van der Waals surface area contributed by atoms with Gasteiger partial charge in [-0.15, -0.1) is 0 Å². The lowest BCUT2D eigenvalue weighted by Gasteiger charge is -2.44. The number of hydrogen-bond acceptors (Lipinski definition) is 9. The van der Waals surface area contributed by atoms with Crippen LogP contribution in [0.25, 0.3) is 0 Å². The Morgan fingerprint density at radius 3 is 0.695 bits per heavy atom. The number of carbonyl (C=O) groups excluding carboxylic acids is 2. The molecular formula is C96H192O9. The van der Waals surface area contributed by atoms with E-state index in [1.807, 2.05) is 20.8 Å². The molecule has 2 aliphatic carbocycles. The molecule has 630 valence electrons. The summed E-state index contributed by atoms with van der Waals surface area (Å²) in [6.07, 6.45) is 90.9. The van der Waals surface area contributed by atoms with E-state index in [4.69, 9.17) is 9.84 Å². The molecular weight excluding hydrogens is 1300 g/mol. The molecule has 105 heavy (non-hydrogen) atoms. The van der Waals surface area contributed by atoms with Gasteiger partial charge in [0.25, 0.3) is 0 Å². The molecule has 0 amide bonds. The van der Waals surface area contributed by atoms with Crippen molar-refractivity contribution in [3.8, 4) is 0 Å². The third kappa shape index (κ3) is 58.3. The van der Waals surface area contributed by atoms with Gasteiger partial charge in [0.1, 0.15) is 0 Å². The molecule has 9 heteroatoms. The first kappa shape index (κ1) is 106. The van der Waals surface area contributed by atoms with E-state index in [1.165, 1.54) is 322 Å². The van der Waals surface area contributed by atoms with Crippen LogP contribution in [0.5, 0.6) is 0 Å². The normalized spacial score (nSPS) is 18.9. The van der Waals surface area contributed by atoms with E-state index >= 15 is 0 Å². The lowest BCUT2D eigenvalue weighted by atomic mass is 9.61. The van der Waals surface area contributed by atoms with Gasteiger partial charge in [0.2, 0.25) is 0 Å². The molecule has 0 bridgehead atoms. The third-order valence-electron chi connectivity index (χ3n) is 26.0. The average Bonchev–Trinajstić information content (AvgIpc) is 0.826. The smallest absolute Gasteiger partial charge is 0.305 e. The molecule has 0 spiro atoms. The van der Waals surface area contributed by atoms with Crippen molar-refractivity contribution in [2.24, 2.45) is 58.2 Å². The maximum absolute atomic E-state index is 10.6. The molecule has 0 aromatic heterocycles. The number of hydrogen-bond donors (Lipinski definition) is 4. The van der Waals surface area contributed by atoms with Crippen molar-refractivity contribution in [2.45, 2.75) is 493 Å². The minimum absolute atomic E-state index is 0.0790. The largest absolute Gasteiger partial charge is 0.469 e. The number of esters is 2. The van der Waals surface area contributed by atoms with Crippen LogP contribution in [0.2, 0.25) is 0 Å². The minimum atomic E-state index is -0.553. The maximum atomic E-state index is 10.6. The van der Waals surface area contributed by atoms with E-state index in [0.717, 1.165) is 66.6 Å². The Kier molecular flexibility index (Phi) is 80.0. The fourth-order valence-corrected chi connectivity index (χ4v) is 18.0. The fraction of sp³-hybridized carbons (Fsp3) is 0.979. The van der Waals surface area contributed by atoms with Crippen molar-refractivity contribution in [1.82, 2.24) is 0 Å². The van der Waals surface area contributed by atoms with Gasteiger partial charge in [-0.1, -0.05) is 390 Å². The quantitative estimate of drug-likeness (QED) is 0.0346. The first-order valence-corrected chi connectivity index (χ1v) is 47.5. The Balaban J connectivity index is 0. The van der Waals surface area contributed by atoms with Crippen molar-refractivity contribution >= 4 is 11.9 Å². The van der Waals surface area contributed by atoms with Gasteiger partial charge in [0.15, 0.2) is 0 Å². The van der Waals surface area contributed by atoms with Gasteiger partial charge in [-0.3, -0.25) is 9.59 Å². The molecule has 9 nitrogen and oxygen atoms in total.